The normalized spacial score (nSPS) is 28.9. The highest BCUT2D eigenvalue weighted by Gasteiger charge is 2.38. The Morgan fingerprint density at radius 2 is 2.17 bits per heavy atom. The first kappa shape index (κ1) is 15.6. The number of anilines is 1. The van der Waals surface area contributed by atoms with Crippen molar-refractivity contribution < 1.29 is 14.3 Å². The van der Waals surface area contributed by atoms with Crippen LogP contribution in [0.25, 0.3) is 0 Å². The number of para-hydroxylation sites is 1. The van der Waals surface area contributed by atoms with Gasteiger partial charge in [-0.15, -0.1) is 0 Å². The van der Waals surface area contributed by atoms with E-state index < -0.39 is 0 Å². The lowest BCUT2D eigenvalue weighted by Gasteiger charge is -2.38. The van der Waals surface area contributed by atoms with Crippen molar-refractivity contribution in [2.75, 3.05) is 18.5 Å². The second kappa shape index (κ2) is 6.55. The number of carbonyl (C=O) groups excluding carboxylic acids is 2. The van der Waals surface area contributed by atoms with Gasteiger partial charge in [0.25, 0.3) is 0 Å². The van der Waals surface area contributed by atoms with E-state index in [1.165, 1.54) is 0 Å². The van der Waals surface area contributed by atoms with Gasteiger partial charge in [-0.05, 0) is 43.7 Å². The summed E-state index contributed by atoms with van der Waals surface area (Å²) in [5, 5.41) is 2.97. The van der Waals surface area contributed by atoms with Crippen LogP contribution < -0.4 is 5.32 Å². The number of nitrogens with one attached hydrogen (secondary N) is 1. The molecular formula is C19H24N2O3. The molecule has 24 heavy (non-hydrogen) atoms. The van der Waals surface area contributed by atoms with Crippen LogP contribution >= 0.6 is 0 Å². The molecule has 1 saturated heterocycles. The summed E-state index contributed by atoms with van der Waals surface area (Å²) in [6.07, 6.45) is 5.28. The van der Waals surface area contributed by atoms with Crippen molar-refractivity contribution in [2.45, 2.75) is 50.7 Å². The zero-order valence-electron chi connectivity index (χ0n) is 13.9. The Balaban J connectivity index is 1.36. The van der Waals surface area contributed by atoms with Crippen LogP contribution in [0.1, 0.15) is 37.7 Å². The Morgan fingerprint density at radius 1 is 1.29 bits per heavy atom. The summed E-state index contributed by atoms with van der Waals surface area (Å²) in [6.45, 7) is 1.34. The Hall–Kier alpha value is -1.88. The summed E-state index contributed by atoms with van der Waals surface area (Å²) in [6, 6.07) is 8.16. The molecule has 1 saturated carbocycles. The topological polar surface area (TPSA) is 58.6 Å². The maximum Gasteiger partial charge on any atom is 0.227 e. The van der Waals surface area contributed by atoms with Gasteiger partial charge in [0.15, 0.2) is 0 Å². The van der Waals surface area contributed by atoms with Gasteiger partial charge in [-0.3, -0.25) is 9.59 Å². The molecule has 5 heteroatoms. The molecule has 128 valence electrons. The molecule has 5 nitrogen and oxygen atoms in total. The average Bonchev–Trinajstić information content (AvgIpc) is 3.08. The second-order valence-corrected chi connectivity index (χ2v) is 7.08. The number of amides is 2. The molecule has 3 aliphatic rings. The summed E-state index contributed by atoms with van der Waals surface area (Å²) in [5.74, 6) is 0.119. The highest BCUT2D eigenvalue weighted by atomic mass is 16.5. The largest absolute Gasteiger partial charge is 0.374 e. The van der Waals surface area contributed by atoms with Crippen molar-refractivity contribution in [3.63, 3.8) is 0 Å². The SMILES string of the molecule is O=C1Nc2ccccc2C[C@@H]1CCC(=O)N1CCO[C@@H]2CCC[C@@H]21. The van der Waals surface area contributed by atoms with E-state index in [1.54, 1.807) is 0 Å². The van der Waals surface area contributed by atoms with E-state index in [0.29, 0.717) is 26.0 Å². The predicted molar refractivity (Wildman–Crippen MR) is 90.6 cm³/mol. The second-order valence-electron chi connectivity index (χ2n) is 7.08. The molecule has 1 aromatic rings. The van der Waals surface area contributed by atoms with E-state index >= 15 is 0 Å². The predicted octanol–water partition coefficient (Wildman–Crippen LogP) is 2.36. The Kier molecular flexibility index (Phi) is 4.27. The first-order valence-corrected chi connectivity index (χ1v) is 9.02. The minimum atomic E-state index is -0.107. The van der Waals surface area contributed by atoms with Crippen molar-refractivity contribution in [3.05, 3.63) is 29.8 Å². The quantitative estimate of drug-likeness (QED) is 0.927. The van der Waals surface area contributed by atoms with Gasteiger partial charge in [0.1, 0.15) is 0 Å². The third kappa shape index (κ3) is 2.93. The van der Waals surface area contributed by atoms with Crippen molar-refractivity contribution in [1.29, 1.82) is 0 Å². The molecule has 3 atom stereocenters. The summed E-state index contributed by atoms with van der Waals surface area (Å²) < 4.78 is 5.77. The zero-order chi connectivity index (χ0) is 16.5. The number of ether oxygens (including phenoxy) is 1. The molecule has 0 radical (unpaired) electrons. The maximum absolute atomic E-state index is 12.7. The Bertz CT molecular complexity index is 645. The smallest absolute Gasteiger partial charge is 0.227 e. The zero-order valence-corrected chi connectivity index (χ0v) is 13.9. The molecular weight excluding hydrogens is 304 g/mol. The average molecular weight is 328 g/mol. The number of hydrogen-bond acceptors (Lipinski definition) is 3. The van der Waals surface area contributed by atoms with Gasteiger partial charge in [-0.1, -0.05) is 18.2 Å². The van der Waals surface area contributed by atoms with Gasteiger partial charge in [-0.25, -0.2) is 0 Å². The number of fused-ring (bicyclic) bond motifs is 2. The Morgan fingerprint density at radius 3 is 3.08 bits per heavy atom. The molecule has 2 amide bonds. The number of benzene rings is 1. The standard InChI is InChI=1S/C19H24N2O3/c22-18(21-10-11-24-17-7-3-6-16(17)21)9-8-14-12-13-4-1-2-5-15(13)20-19(14)23/h1-2,4-5,14,16-17H,3,6-12H2,(H,20,23)/t14-,16-,17+/m0/s1. The number of nitrogens with zero attached hydrogens (tertiary/aromatic N) is 1. The number of hydrogen-bond donors (Lipinski definition) is 1. The van der Waals surface area contributed by atoms with Crippen LogP contribution in [0.3, 0.4) is 0 Å². The molecule has 2 fully saturated rings. The number of morpholine rings is 1. The fourth-order valence-electron chi connectivity index (χ4n) is 4.32. The summed E-state index contributed by atoms with van der Waals surface area (Å²) in [7, 11) is 0. The molecule has 1 aliphatic carbocycles. The minimum Gasteiger partial charge on any atom is -0.374 e. The van der Waals surface area contributed by atoms with Gasteiger partial charge in [0, 0.05) is 24.6 Å². The van der Waals surface area contributed by atoms with Crippen LogP contribution in [-0.2, 0) is 20.7 Å². The van der Waals surface area contributed by atoms with Crippen LogP contribution in [0.4, 0.5) is 5.69 Å². The molecule has 0 spiro atoms. The number of rotatable bonds is 3. The van der Waals surface area contributed by atoms with Crippen molar-refractivity contribution >= 4 is 17.5 Å². The summed E-state index contributed by atoms with van der Waals surface area (Å²) >= 11 is 0. The van der Waals surface area contributed by atoms with Gasteiger partial charge >= 0.3 is 0 Å². The van der Waals surface area contributed by atoms with Gasteiger partial charge in [0.05, 0.1) is 18.8 Å². The molecule has 4 rings (SSSR count). The maximum atomic E-state index is 12.7. The van der Waals surface area contributed by atoms with E-state index in [9.17, 15) is 9.59 Å². The lowest BCUT2D eigenvalue weighted by molar-refractivity contribution is -0.144. The third-order valence-electron chi connectivity index (χ3n) is 5.62. The molecule has 2 heterocycles. The van der Waals surface area contributed by atoms with Crippen LogP contribution in [0.5, 0.6) is 0 Å². The third-order valence-corrected chi connectivity index (χ3v) is 5.62. The molecule has 1 aromatic carbocycles. The fraction of sp³-hybridized carbons (Fsp3) is 0.579. The van der Waals surface area contributed by atoms with E-state index in [-0.39, 0.29) is 29.9 Å². The summed E-state index contributed by atoms with van der Waals surface area (Å²) in [5.41, 5.74) is 2.07. The monoisotopic (exact) mass is 328 g/mol. The molecule has 1 N–H and O–H groups in total. The van der Waals surface area contributed by atoms with Crippen molar-refractivity contribution in [2.24, 2.45) is 5.92 Å². The first-order chi connectivity index (χ1) is 11.7. The van der Waals surface area contributed by atoms with Crippen LogP contribution in [0.15, 0.2) is 24.3 Å². The van der Waals surface area contributed by atoms with E-state index in [0.717, 1.165) is 36.9 Å². The van der Waals surface area contributed by atoms with Crippen LogP contribution in [0, 0.1) is 5.92 Å². The Labute approximate surface area is 142 Å². The van der Waals surface area contributed by atoms with E-state index in [1.807, 2.05) is 23.1 Å². The fourth-order valence-corrected chi connectivity index (χ4v) is 4.32. The van der Waals surface area contributed by atoms with Crippen molar-refractivity contribution in [1.82, 2.24) is 4.90 Å². The minimum absolute atomic E-state index is 0.0437. The highest BCUT2D eigenvalue weighted by Crippen LogP contribution is 2.31. The first-order valence-electron chi connectivity index (χ1n) is 9.02. The molecule has 0 bridgehead atoms. The highest BCUT2D eigenvalue weighted by molar-refractivity contribution is 5.96. The molecule has 0 aromatic heterocycles. The lowest BCUT2D eigenvalue weighted by atomic mass is 9.89. The van der Waals surface area contributed by atoms with E-state index in [4.69, 9.17) is 4.74 Å². The number of carbonyl (C=O) groups is 2. The van der Waals surface area contributed by atoms with Gasteiger partial charge < -0.3 is 15.0 Å². The van der Waals surface area contributed by atoms with E-state index in [2.05, 4.69) is 11.4 Å². The van der Waals surface area contributed by atoms with Crippen LogP contribution in [0.2, 0.25) is 0 Å². The van der Waals surface area contributed by atoms with Gasteiger partial charge in [-0.2, -0.15) is 0 Å². The van der Waals surface area contributed by atoms with Crippen molar-refractivity contribution in [3.8, 4) is 0 Å². The molecule has 0 unspecified atom stereocenters. The van der Waals surface area contributed by atoms with Gasteiger partial charge in [0.2, 0.25) is 11.8 Å². The lowest BCUT2D eigenvalue weighted by Crippen LogP contribution is -2.51. The summed E-state index contributed by atoms with van der Waals surface area (Å²) in [4.78, 5) is 27.0. The molecule has 2 aliphatic heterocycles. The van der Waals surface area contributed by atoms with Crippen LogP contribution in [-0.4, -0.2) is 42.0 Å².